The van der Waals surface area contributed by atoms with Crippen molar-refractivity contribution in [2.75, 3.05) is 26.8 Å². The number of amides is 1. The third-order valence-corrected chi connectivity index (χ3v) is 3.97. The van der Waals surface area contributed by atoms with Gasteiger partial charge in [-0.15, -0.1) is 0 Å². The van der Waals surface area contributed by atoms with Gasteiger partial charge in [0.25, 0.3) is 0 Å². The number of nitrogens with one attached hydrogen (secondary N) is 2. The smallest absolute Gasteiger partial charge is 0.408 e. The third kappa shape index (κ3) is 9.79. The molecule has 0 aromatic rings. The molecule has 4 N–H and O–H groups in total. The van der Waals surface area contributed by atoms with Gasteiger partial charge >= 0.3 is 6.09 Å². The predicted octanol–water partition coefficient (Wildman–Crippen LogP) is 2.41. The molecule has 0 aromatic heterocycles. The number of hydrogen-bond acceptors (Lipinski definition) is 5. The van der Waals surface area contributed by atoms with Crippen LogP contribution in [0.1, 0.15) is 60.3 Å². The summed E-state index contributed by atoms with van der Waals surface area (Å²) in [4.78, 5) is 12.1. The second kappa shape index (κ2) is 10.8. The molecular formula is C17H37N3O3. The molecule has 0 fully saturated rings. The Morgan fingerprint density at radius 2 is 1.83 bits per heavy atom. The molecule has 0 saturated heterocycles. The summed E-state index contributed by atoms with van der Waals surface area (Å²) in [5.41, 5.74) is 4.77. The summed E-state index contributed by atoms with van der Waals surface area (Å²) >= 11 is 0. The molecule has 0 aliphatic carbocycles. The topological polar surface area (TPSA) is 85.6 Å². The summed E-state index contributed by atoms with van der Waals surface area (Å²) in [5, 5.41) is 6.57. The fourth-order valence-corrected chi connectivity index (χ4v) is 2.39. The van der Waals surface area contributed by atoms with Gasteiger partial charge < -0.3 is 25.8 Å². The molecular weight excluding hydrogens is 294 g/mol. The van der Waals surface area contributed by atoms with E-state index in [1.54, 1.807) is 7.11 Å². The minimum atomic E-state index is -0.496. The zero-order valence-corrected chi connectivity index (χ0v) is 15.8. The molecule has 0 heterocycles. The van der Waals surface area contributed by atoms with Crippen molar-refractivity contribution in [2.45, 2.75) is 77.5 Å². The number of carbonyl (C=O) groups is 1. The number of ether oxygens (including phenoxy) is 2. The van der Waals surface area contributed by atoms with Crippen LogP contribution >= 0.6 is 0 Å². The fraction of sp³-hybridized carbons (Fsp3) is 0.941. The minimum Gasteiger partial charge on any atom is -0.444 e. The van der Waals surface area contributed by atoms with Gasteiger partial charge in [0.2, 0.25) is 0 Å². The summed E-state index contributed by atoms with van der Waals surface area (Å²) in [6, 6.07) is 0.237. The number of carbonyl (C=O) groups excluding carboxylic acids is 1. The monoisotopic (exact) mass is 331 g/mol. The Balaban J connectivity index is 4.70. The van der Waals surface area contributed by atoms with E-state index in [2.05, 4.69) is 24.5 Å². The first-order valence-electron chi connectivity index (χ1n) is 8.65. The van der Waals surface area contributed by atoms with Crippen molar-refractivity contribution in [3.63, 3.8) is 0 Å². The summed E-state index contributed by atoms with van der Waals surface area (Å²) in [6.45, 7) is 11.7. The first kappa shape index (κ1) is 22.1. The zero-order chi connectivity index (χ0) is 17.9. The molecule has 0 aliphatic heterocycles. The van der Waals surface area contributed by atoms with Crippen LogP contribution in [0.3, 0.4) is 0 Å². The highest BCUT2D eigenvalue weighted by Crippen LogP contribution is 2.17. The van der Waals surface area contributed by atoms with Gasteiger partial charge in [0.05, 0.1) is 12.1 Å². The summed E-state index contributed by atoms with van der Waals surface area (Å²) in [6.07, 6.45) is 3.19. The molecule has 23 heavy (non-hydrogen) atoms. The van der Waals surface area contributed by atoms with Crippen LogP contribution in [-0.2, 0) is 9.47 Å². The second-order valence-electron chi connectivity index (χ2n) is 7.08. The van der Waals surface area contributed by atoms with E-state index in [9.17, 15) is 4.79 Å². The van der Waals surface area contributed by atoms with Crippen molar-refractivity contribution >= 4 is 6.09 Å². The number of nitrogens with two attached hydrogens (primary N) is 1. The summed E-state index contributed by atoms with van der Waals surface area (Å²) in [5.74, 6) is 0. The molecule has 0 aromatic carbocycles. The number of alkyl carbamates (subject to hydrolysis) is 1. The molecule has 138 valence electrons. The molecule has 0 saturated carbocycles. The third-order valence-electron chi connectivity index (χ3n) is 3.97. The van der Waals surface area contributed by atoms with E-state index in [4.69, 9.17) is 15.2 Å². The Hall–Kier alpha value is -0.850. The average molecular weight is 332 g/mol. The lowest BCUT2D eigenvalue weighted by atomic mass is 9.92. The highest BCUT2D eigenvalue weighted by atomic mass is 16.6. The highest BCUT2D eigenvalue weighted by molar-refractivity contribution is 5.68. The van der Waals surface area contributed by atoms with Crippen molar-refractivity contribution in [2.24, 2.45) is 5.73 Å². The van der Waals surface area contributed by atoms with Gasteiger partial charge in [-0.25, -0.2) is 4.79 Å². The fourth-order valence-electron chi connectivity index (χ4n) is 2.39. The van der Waals surface area contributed by atoms with Crippen LogP contribution in [0.5, 0.6) is 0 Å². The van der Waals surface area contributed by atoms with Crippen molar-refractivity contribution in [1.82, 2.24) is 10.6 Å². The van der Waals surface area contributed by atoms with Gasteiger partial charge in [0.1, 0.15) is 5.60 Å². The Kier molecular flexibility index (Phi) is 10.4. The summed E-state index contributed by atoms with van der Waals surface area (Å²) in [7, 11) is 1.70. The first-order valence-corrected chi connectivity index (χ1v) is 8.65. The molecule has 1 amide bonds. The van der Waals surface area contributed by atoms with E-state index in [-0.39, 0.29) is 17.7 Å². The lowest BCUT2D eigenvalue weighted by molar-refractivity contribution is 0.0440. The van der Waals surface area contributed by atoms with Gasteiger partial charge in [0.15, 0.2) is 0 Å². The lowest BCUT2D eigenvalue weighted by Gasteiger charge is -2.35. The normalized spacial score (nSPS) is 13.7. The maximum absolute atomic E-state index is 12.1. The van der Waals surface area contributed by atoms with E-state index in [1.165, 1.54) is 0 Å². The number of rotatable bonds is 11. The molecule has 0 bridgehead atoms. The van der Waals surface area contributed by atoms with E-state index in [0.717, 1.165) is 25.7 Å². The largest absolute Gasteiger partial charge is 0.444 e. The molecule has 0 rings (SSSR count). The van der Waals surface area contributed by atoms with E-state index < -0.39 is 5.60 Å². The SMILES string of the molecule is CCC(CC)(CNC(CCCN)COC)NC(=O)OC(C)(C)C. The van der Waals surface area contributed by atoms with Gasteiger partial charge in [-0.2, -0.15) is 0 Å². The molecule has 0 radical (unpaired) electrons. The van der Waals surface area contributed by atoms with Crippen LogP contribution in [0.4, 0.5) is 4.79 Å². The van der Waals surface area contributed by atoms with Gasteiger partial charge in [-0.05, 0) is 53.0 Å². The minimum absolute atomic E-state index is 0.237. The van der Waals surface area contributed by atoms with Crippen LogP contribution in [-0.4, -0.2) is 50.1 Å². The van der Waals surface area contributed by atoms with Crippen molar-refractivity contribution in [1.29, 1.82) is 0 Å². The Labute approximate surface area is 141 Å². The molecule has 0 aliphatic rings. The summed E-state index contributed by atoms with van der Waals surface area (Å²) < 4.78 is 10.7. The maximum atomic E-state index is 12.1. The highest BCUT2D eigenvalue weighted by Gasteiger charge is 2.31. The maximum Gasteiger partial charge on any atom is 0.408 e. The first-order chi connectivity index (χ1) is 10.7. The van der Waals surface area contributed by atoms with E-state index >= 15 is 0 Å². The van der Waals surface area contributed by atoms with Crippen LogP contribution in [0.25, 0.3) is 0 Å². The molecule has 6 heteroatoms. The van der Waals surface area contributed by atoms with E-state index in [0.29, 0.717) is 19.7 Å². The Morgan fingerprint density at radius 3 is 2.26 bits per heavy atom. The second-order valence-corrected chi connectivity index (χ2v) is 7.08. The van der Waals surface area contributed by atoms with Crippen LogP contribution in [0.15, 0.2) is 0 Å². The molecule has 6 nitrogen and oxygen atoms in total. The van der Waals surface area contributed by atoms with Gasteiger partial charge in [-0.3, -0.25) is 0 Å². The van der Waals surface area contributed by atoms with Gasteiger partial charge in [0, 0.05) is 19.7 Å². The number of methoxy groups -OCH3 is 1. The van der Waals surface area contributed by atoms with Crippen LogP contribution in [0.2, 0.25) is 0 Å². The molecule has 1 unspecified atom stereocenters. The van der Waals surface area contributed by atoms with Crippen molar-refractivity contribution < 1.29 is 14.3 Å². The Bertz CT molecular complexity index is 326. The Morgan fingerprint density at radius 1 is 1.22 bits per heavy atom. The van der Waals surface area contributed by atoms with Crippen LogP contribution < -0.4 is 16.4 Å². The van der Waals surface area contributed by atoms with Crippen LogP contribution in [0, 0.1) is 0 Å². The van der Waals surface area contributed by atoms with Crippen molar-refractivity contribution in [3.8, 4) is 0 Å². The average Bonchev–Trinajstić information content (AvgIpc) is 2.46. The standard InChI is InChI=1S/C17H37N3O3/c1-7-17(8-2,20-15(21)23-16(3,4)5)13-19-14(12-22-6)10-9-11-18/h14,19H,7-13,18H2,1-6H3,(H,20,21). The molecule has 0 spiro atoms. The number of hydrogen-bond donors (Lipinski definition) is 3. The lowest BCUT2D eigenvalue weighted by Crippen LogP contribution is -2.56. The van der Waals surface area contributed by atoms with E-state index in [1.807, 2.05) is 20.8 Å². The molecule has 1 atom stereocenters. The quantitative estimate of drug-likeness (QED) is 0.541. The van der Waals surface area contributed by atoms with Crippen molar-refractivity contribution in [3.05, 3.63) is 0 Å². The predicted molar refractivity (Wildman–Crippen MR) is 94.6 cm³/mol. The zero-order valence-electron chi connectivity index (χ0n) is 15.8. The van der Waals surface area contributed by atoms with Gasteiger partial charge in [-0.1, -0.05) is 13.8 Å².